The molecule has 7 heteroatoms. The second-order valence-corrected chi connectivity index (χ2v) is 7.64. The fraction of sp³-hybridized carbons (Fsp3) is 0.300. The predicted molar refractivity (Wildman–Crippen MR) is 102 cm³/mol. The maximum atomic E-state index is 13.0. The SMILES string of the molecule is O=C(c1ccccc1SC(F)F)N1CCC[C@H](c2nc3ccccc3[nH]2)C1. The molecule has 0 unspecified atom stereocenters. The second kappa shape index (κ2) is 7.68. The summed E-state index contributed by atoms with van der Waals surface area (Å²) in [5, 5.41) is 0. The molecule has 1 aliphatic rings. The fourth-order valence-corrected chi connectivity index (χ4v) is 4.19. The molecule has 0 aliphatic carbocycles. The molecule has 0 bridgehead atoms. The molecule has 2 heterocycles. The molecule has 27 heavy (non-hydrogen) atoms. The highest BCUT2D eigenvalue weighted by atomic mass is 32.2. The van der Waals surface area contributed by atoms with Gasteiger partial charge >= 0.3 is 0 Å². The van der Waals surface area contributed by atoms with Crippen LogP contribution in [0.3, 0.4) is 0 Å². The maximum Gasteiger partial charge on any atom is 0.288 e. The Bertz CT molecular complexity index is 926. The monoisotopic (exact) mass is 387 g/mol. The summed E-state index contributed by atoms with van der Waals surface area (Å²) in [6.07, 6.45) is 1.80. The van der Waals surface area contributed by atoms with E-state index < -0.39 is 5.76 Å². The average Bonchev–Trinajstić information content (AvgIpc) is 3.12. The molecule has 4 nitrogen and oxygen atoms in total. The van der Waals surface area contributed by atoms with Gasteiger partial charge in [-0.1, -0.05) is 36.0 Å². The summed E-state index contributed by atoms with van der Waals surface area (Å²) in [5.74, 6) is -1.75. The predicted octanol–water partition coefficient (Wildman–Crippen LogP) is 4.90. The highest BCUT2D eigenvalue weighted by Gasteiger charge is 2.28. The number of carbonyl (C=O) groups is 1. The van der Waals surface area contributed by atoms with Crippen molar-refractivity contribution >= 4 is 28.7 Å². The Kier molecular flexibility index (Phi) is 5.11. The Balaban J connectivity index is 1.55. The van der Waals surface area contributed by atoms with Crippen LogP contribution in [0.15, 0.2) is 53.4 Å². The smallest absolute Gasteiger partial charge is 0.288 e. The van der Waals surface area contributed by atoms with Crippen LogP contribution in [0.5, 0.6) is 0 Å². The van der Waals surface area contributed by atoms with Gasteiger partial charge in [0.05, 0.1) is 16.6 Å². The van der Waals surface area contributed by atoms with Crippen LogP contribution in [0.4, 0.5) is 8.78 Å². The standard InChI is InChI=1S/C20H19F2N3OS/c21-20(22)27-17-10-4-1-7-14(17)19(26)25-11-5-6-13(12-25)18-23-15-8-2-3-9-16(15)24-18/h1-4,7-10,13,20H,5-6,11-12H2,(H,23,24)/t13-/m0/s1. The normalized spacial score (nSPS) is 17.6. The number of H-pyrrole nitrogens is 1. The number of alkyl halides is 2. The van der Waals surface area contributed by atoms with Crippen molar-refractivity contribution in [3.8, 4) is 0 Å². The van der Waals surface area contributed by atoms with Gasteiger partial charge in [0, 0.05) is 23.9 Å². The summed E-state index contributed by atoms with van der Waals surface area (Å²) in [6, 6.07) is 14.4. The van der Waals surface area contributed by atoms with Gasteiger partial charge in [-0.15, -0.1) is 0 Å². The van der Waals surface area contributed by atoms with Crippen LogP contribution in [-0.2, 0) is 0 Å². The van der Waals surface area contributed by atoms with Crippen LogP contribution in [0, 0.1) is 0 Å². The second-order valence-electron chi connectivity index (χ2n) is 6.60. The topological polar surface area (TPSA) is 49.0 Å². The quantitative estimate of drug-likeness (QED) is 0.648. The van der Waals surface area contributed by atoms with Crippen molar-refractivity contribution in [2.45, 2.75) is 29.4 Å². The van der Waals surface area contributed by atoms with Gasteiger partial charge in [0.1, 0.15) is 5.82 Å². The number of nitrogens with zero attached hydrogens (tertiary/aromatic N) is 2. The van der Waals surface area contributed by atoms with Crippen LogP contribution in [0.2, 0.25) is 0 Å². The van der Waals surface area contributed by atoms with Crippen molar-refractivity contribution in [2.75, 3.05) is 13.1 Å². The molecule has 3 aromatic rings. The number of imidazole rings is 1. The van der Waals surface area contributed by atoms with E-state index in [1.54, 1.807) is 29.2 Å². The number of likely N-dealkylation sites (tertiary alicyclic amines) is 1. The first kappa shape index (κ1) is 18.0. The van der Waals surface area contributed by atoms with Crippen LogP contribution in [-0.4, -0.2) is 39.6 Å². The molecule has 1 aliphatic heterocycles. The zero-order valence-corrected chi connectivity index (χ0v) is 15.4. The molecule has 1 fully saturated rings. The highest BCUT2D eigenvalue weighted by molar-refractivity contribution is 7.99. The van der Waals surface area contributed by atoms with Gasteiger partial charge < -0.3 is 9.88 Å². The molecule has 0 spiro atoms. The van der Waals surface area contributed by atoms with E-state index in [1.807, 2.05) is 24.3 Å². The van der Waals surface area contributed by atoms with Gasteiger partial charge in [-0.2, -0.15) is 8.78 Å². The molecule has 1 saturated heterocycles. The number of halogens is 2. The Hall–Kier alpha value is -2.41. The van der Waals surface area contributed by atoms with Gasteiger partial charge in [-0.05, 0) is 37.1 Å². The number of hydrogen-bond donors (Lipinski definition) is 1. The average molecular weight is 387 g/mol. The Labute approximate surface area is 160 Å². The summed E-state index contributed by atoms with van der Waals surface area (Å²) >= 11 is 0.418. The zero-order valence-electron chi connectivity index (χ0n) is 14.6. The first-order chi connectivity index (χ1) is 13.1. The van der Waals surface area contributed by atoms with Crippen molar-refractivity contribution < 1.29 is 13.6 Å². The van der Waals surface area contributed by atoms with Crippen molar-refractivity contribution in [3.05, 3.63) is 59.9 Å². The van der Waals surface area contributed by atoms with Crippen LogP contribution in [0.25, 0.3) is 11.0 Å². The minimum Gasteiger partial charge on any atom is -0.342 e. The van der Waals surface area contributed by atoms with Crippen molar-refractivity contribution in [1.29, 1.82) is 0 Å². The molecule has 4 rings (SSSR count). The third-order valence-corrected chi connectivity index (χ3v) is 5.62. The van der Waals surface area contributed by atoms with E-state index in [2.05, 4.69) is 9.97 Å². The molecule has 2 aromatic carbocycles. The van der Waals surface area contributed by atoms with Crippen LogP contribution < -0.4 is 0 Å². The summed E-state index contributed by atoms with van der Waals surface area (Å²) < 4.78 is 25.6. The number of fused-ring (bicyclic) bond motifs is 1. The van der Waals surface area contributed by atoms with Crippen molar-refractivity contribution in [3.63, 3.8) is 0 Å². The molecule has 1 atom stereocenters. The zero-order chi connectivity index (χ0) is 18.8. The number of aromatic nitrogens is 2. The fourth-order valence-electron chi connectivity index (χ4n) is 3.56. The number of amides is 1. The largest absolute Gasteiger partial charge is 0.342 e. The number of aromatic amines is 1. The summed E-state index contributed by atoms with van der Waals surface area (Å²) in [5.41, 5.74) is 2.23. The van der Waals surface area contributed by atoms with Crippen LogP contribution >= 0.6 is 11.8 Å². The maximum absolute atomic E-state index is 13.0. The lowest BCUT2D eigenvalue weighted by Gasteiger charge is -2.32. The molecule has 0 radical (unpaired) electrons. The Morgan fingerprint density at radius 3 is 2.78 bits per heavy atom. The van der Waals surface area contributed by atoms with Gasteiger partial charge in [0.15, 0.2) is 0 Å². The molecular weight excluding hydrogens is 368 g/mol. The Morgan fingerprint density at radius 2 is 1.96 bits per heavy atom. The number of piperidine rings is 1. The molecule has 1 aromatic heterocycles. The molecule has 1 amide bonds. The van der Waals surface area contributed by atoms with Crippen molar-refractivity contribution in [2.24, 2.45) is 0 Å². The summed E-state index contributed by atoms with van der Waals surface area (Å²) in [6.45, 7) is 1.16. The number of para-hydroxylation sites is 2. The summed E-state index contributed by atoms with van der Waals surface area (Å²) in [7, 11) is 0. The lowest BCUT2D eigenvalue weighted by Crippen LogP contribution is -2.39. The molecular formula is C20H19F2N3OS. The van der Waals surface area contributed by atoms with E-state index in [1.165, 1.54) is 0 Å². The van der Waals surface area contributed by atoms with E-state index in [4.69, 9.17) is 0 Å². The third-order valence-electron chi connectivity index (χ3n) is 4.84. The number of carbonyl (C=O) groups excluding carboxylic acids is 1. The highest BCUT2D eigenvalue weighted by Crippen LogP contribution is 2.31. The number of benzene rings is 2. The number of nitrogens with one attached hydrogen (secondary N) is 1. The molecule has 1 N–H and O–H groups in total. The number of hydrogen-bond acceptors (Lipinski definition) is 3. The van der Waals surface area contributed by atoms with Gasteiger partial charge in [-0.3, -0.25) is 4.79 Å². The number of rotatable bonds is 4. The molecule has 0 saturated carbocycles. The number of thioether (sulfide) groups is 1. The van der Waals surface area contributed by atoms with Crippen LogP contribution in [0.1, 0.15) is 34.9 Å². The first-order valence-corrected chi connectivity index (χ1v) is 9.77. The minimum atomic E-state index is -2.55. The minimum absolute atomic E-state index is 0.116. The third kappa shape index (κ3) is 3.83. The van der Waals surface area contributed by atoms with E-state index in [-0.39, 0.29) is 11.8 Å². The lowest BCUT2D eigenvalue weighted by molar-refractivity contribution is 0.0701. The van der Waals surface area contributed by atoms with Gasteiger partial charge in [-0.25, -0.2) is 4.98 Å². The van der Waals surface area contributed by atoms with E-state index >= 15 is 0 Å². The van der Waals surface area contributed by atoms with E-state index in [0.29, 0.717) is 35.3 Å². The van der Waals surface area contributed by atoms with E-state index in [9.17, 15) is 13.6 Å². The van der Waals surface area contributed by atoms with Gasteiger partial charge in [0.2, 0.25) is 0 Å². The first-order valence-electron chi connectivity index (χ1n) is 8.89. The van der Waals surface area contributed by atoms with Crippen molar-refractivity contribution in [1.82, 2.24) is 14.9 Å². The Morgan fingerprint density at radius 1 is 1.19 bits per heavy atom. The molecule has 140 valence electrons. The van der Waals surface area contributed by atoms with E-state index in [0.717, 1.165) is 29.7 Å². The summed E-state index contributed by atoms with van der Waals surface area (Å²) in [4.78, 5) is 23.1. The lowest BCUT2D eigenvalue weighted by atomic mass is 9.96. The van der Waals surface area contributed by atoms with Gasteiger partial charge in [0.25, 0.3) is 11.7 Å².